The molecule has 1 unspecified atom stereocenters. The molecule has 1 aromatic heterocycles. The quantitative estimate of drug-likeness (QED) is 0.559. The molecule has 7 nitrogen and oxygen atoms in total. The van der Waals surface area contributed by atoms with Gasteiger partial charge in [-0.1, -0.05) is 11.6 Å². The number of nitrogens with one attached hydrogen (secondary N) is 2. The first kappa shape index (κ1) is 25.1. The summed E-state index contributed by atoms with van der Waals surface area (Å²) in [6, 6.07) is 2.67. The van der Waals surface area contributed by atoms with Crippen molar-refractivity contribution in [2.75, 3.05) is 29.6 Å². The molecule has 3 rings (SSSR count). The molecule has 0 bridgehead atoms. The number of nitrogens with zero attached hydrogens (tertiary/aromatic N) is 3. The van der Waals surface area contributed by atoms with Crippen molar-refractivity contribution in [1.82, 2.24) is 10.2 Å². The van der Waals surface area contributed by atoms with Crippen LogP contribution in [0.1, 0.15) is 35.2 Å². The van der Waals surface area contributed by atoms with E-state index in [2.05, 4.69) is 15.5 Å². The summed E-state index contributed by atoms with van der Waals surface area (Å²) in [5.74, 6) is -3.85. The second-order valence-electron chi connectivity index (χ2n) is 7.62. The van der Waals surface area contributed by atoms with Gasteiger partial charge in [-0.25, -0.2) is 17.8 Å². The summed E-state index contributed by atoms with van der Waals surface area (Å²) in [5, 5.41) is 8.60. The first-order valence-corrected chi connectivity index (χ1v) is 11.9. The average molecular weight is 512 g/mol. The fourth-order valence-corrected chi connectivity index (χ4v) is 4.16. The summed E-state index contributed by atoms with van der Waals surface area (Å²) in [7, 11) is -3.25. The Kier molecular flexibility index (Phi) is 6.85. The molecule has 1 aromatic carbocycles. The molecule has 0 spiro atoms. The molecule has 2 N–H and O–H groups in total. The van der Waals surface area contributed by atoms with Gasteiger partial charge in [0.05, 0.1) is 43.5 Å². The number of aromatic nitrogens is 2. The number of hydrogen-bond acceptors (Lipinski definition) is 6. The van der Waals surface area contributed by atoms with E-state index in [0.29, 0.717) is 6.07 Å². The topological polar surface area (TPSA) is 99.0 Å². The van der Waals surface area contributed by atoms with Crippen molar-refractivity contribution in [3.05, 3.63) is 40.5 Å². The lowest BCUT2D eigenvalue weighted by molar-refractivity contribution is -0.137. The fraction of sp³-hybridized carbons (Fsp3) is 0.421. The Bertz CT molecular complexity index is 1170. The average Bonchev–Trinajstić information content (AvgIpc) is 2.87. The highest BCUT2D eigenvalue weighted by molar-refractivity contribution is 7.91. The van der Waals surface area contributed by atoms with E-state index in [1.54, 1.807) is 0 Å². The minimum absolute atomic E-state index is 0.00352. The van der Waals surface area contributed by atoms with Gasteiger partial charge in [0.1, 0.15) is 0 Å². The minimum Gasteiger partial charge on any atom is -0.371 e. The molecular weight excluding hydrogens is 493 g/mol. The molecule has 33 heavy (non-hydrogen) atoms. The van der Waals surface area contributed by atoms with Crippen LogP contribution in [0, 0.1) is 4.78 Å². The summed E-state index contributed by atoms with van der Waals surface area (Å²) < 4.78 is 87.4. The molecule has 2 heterocycles. The zero-order chi connectivity index (χ0) is 24.6. The van der Waals surface area contributed by atoms with Gasteiger partial charge in [0, 0.05) is 38.3 Å². The zero-order valence-electron chi connectivity index (χ0n) is 17.2. The lowest BCUT2D eigenvalue weighted by Crippen LogP contribution is -2.29. The van der Waals surface area contributed by atoms with Gasteiger partial charge < -0.3 is 10.2 Å². The van der Waals surface area contributed by atoms with E-state index in [1.807, 2.05) is 0 Å². The Morgan fingerprint density at radius 2 is 1.94 bits per heavy atom. The summed E-state index contributed by atoms with van der Waals surface area (Å²) >= 11 is 5.81. The SMILES string of the molecule is CS(=N)(=O)c1cc(NC(=O)c2cc(Cl)c(C(F)(F)F)cc2N2CCCC(F)(F)CC2)cnn1. The van der Waals surface area contributed by atoms with Crippen LogP contribution >= 0.6 is 11.6 Å². The number of hydrogen-bond donors (Lipinski definition) is 2. The number of benzene rings is 1. The van der Waals surface area contributed by atoms with Crippen LogP contribution in [-0.2, 0) is 15.9 Å². The lowest BCUT2D eigenvalue weighted by atomic mass is 10.1. The third-order valence-electron chi connectivity index (χ3n) is 4.98. The standard InChI is InChI=1S/C19H19ClF5N5O2S/c1-33(26,32)16-7-11(10-27-29-16)28-17(31)12-8-14(20)13(19(23,24)25)9-15(12)30-5-2-3-18(21,22)4-6-30/h7-10,26H,2-6H2,1H3,(H,28,29,31). The number of halogens is 6. The second kappa shape index (κ2) is 9.01. The van der Waals surface area contributed by atoms with Crippen molar-refractivity contribution < 1.29 is 31.0 Å². The van der Waals surface area contributed by atoms with E-state index < -0.39 is 51.2 Å². The Morgan fingerprint density at radius 3 is 2.58 bits per heavy atom. The smallest absolute Gasteiger partial charge is 0.371 e. The highest BCUT2D eigenvalue weighted by Crippen LogP contribution is 2.40. The van der Waals surface area contributed by atoms with Gasteiger partial charge in [0.2, 0.25) is 5.92 Å². The highest BCUT2D eigenvalue weighted by atomic mass is 35.5. The van der Waals surface area contributed by atoms with E-state index in [4.69, 9.17) is 16.4 Å². The van der Waals surface area contributed by atoms with Crippen molar-refractivity contribution in [3.63, 3.8) is 0 Å². The molecule has 1 fully saturated rings. The molecular formula is C19H19ClF5N5O2S. The van der Waals surface area contributed by atoms with Crippen LogP contribution in [0.2, 0.25) is 5.02 Å². The van der Waals surface area contributed by atoms with Crippen LogP contribution in [0.5, 0.6) is 0 Å². The van der Waals surface area contributed by atoms with Crippen LogP contribution in [0.3, 0.4) is 0 Å². The van der Waals surface area contributed by atoms with Gasteiger partial charge in [-0.15, -0.1) is 5.10 Å². The third kappa shape index (κ3) is 6.08. The summed E-state index contributed by atoms with van der Waals surface area (Å²) in [4.78, 5) is 14.3. The number of amides is 1. The van der Waals surface area contributed by atoms with E-state index in [1.165, 1.54) is 4.90 Å². The Hall–Kier alpha value is -2.54. The number of alkyl halides is 5. The van der Waals surface area contributed by atoms with E-state index in [9.17, 15) is 31.0 Å². The Morgan fingerprint density at radius 1 is 1.24 bits per heavy atom. The molecule has 0 radical (unpaired) electrons. The van der Waals surface area contributed by atoms with Gasteiger partial charge in [-0.2, -0.15) is 18.3 Å². The van der Waals surface area contributed by atoms with Crippen LogP contribution in [0.25, 0.3) is 0 Å². The minimum atomic E-state index is -4.82. The largest absolute Gasteiger partial charge is 0.417 e. The van der Waals surface area contributed by atoms with Gasteiger partial charge >= 0.3 is 6.18 Å². The predicted molar refractivity (Wildman–Crippen MR) is 113 cm³/mol. The number of anilines is 2. The second-order valence-corrected chi connectivity index (χ2v) is 10.1. The van der Waals surface area contributed by atoms with E-state index >= 15 is 0 Å². The number of carbonyl (C=O) groups excluding carboxylic acids is 1. The Labute approximate surface area is 191 Å². The van der Waals surface area contributed by atoms with Gasteiger partial charge in [-0.3, -0.25) is 4.79 Å². The van der Waals surface area contributed by atoms with Crippen molar-refractivity contribution in [2.45, 2.75) is 36.4 Å². The third-order valence-corrected chi connectivity index (χ3v) is 6.29. The van der Waals surface area contributed by atoms with E-state index in [0.717, 1.165) is 24.6 Å². The van der Waals surface area contributed by atoms with Crippen molar-refractivity contribution in [1.29, 1.82) is 4.78 Å². The molecule has 1 saturated heterocycles. The fourth-order valence-electron chi connectivity index (χ4n) is 3.33. The first-order chi connectivity index (χ1) is 15.2. The van der Waals surface area contributed by atoms with Gasteiger partial charge in [-0.05, 0) is 18.6 Å². The maximum absolute atomic E-state index is 13.8. The maximum Gasteiger partial charge on any atom is 0.417 e. The highest BCUT2D eigenvalue weighted by Gasteiger charge is 2.37. The molecule has 14 heteroatoms. The summed E-state index contributed by atoms with van der Waals surface area (Å²) in [6.45, 7) is -0.240. The van der Waals surface area contributed by atoms with Crippen molar-refractivity contribution in [2.24, 2.45) is 0 Å². The molecule has 180 valence electrons. The molecule has 1 aliphatic heterocycles. The zero-order valence-corrected chi connectivity index (χ0v) is 18.8. The Balaban J connectivity index is 2.03. The monoisotopic (exact) mass is 511 g/mol. The molecule has 2 aromatic rings. The number of carbonyl (C=O) groups is 1. The van der Waals surface area contributed by atoms with Gasteiger partial charge in [0.15, 0.2) is 5.03 Å². The van der Waals surface area contributed by atoms with Crippen LogP contribution in [0.15, 0.2) is 29.4 Å². The molecule has 1 aliphatic rings. The molecule has 1 atom stereocenters. The van der Waals surface area contributed by atoms with Crippen molar-refractivity contribution in [3.8, 4) is 0 Å². The van der Waals surface area contributed by atoms with Crippen LogP contribution < -0.4 is 10.2 Å². The molecule has 1 amide bonds. The van der Waals surface area contributed by atoms with E-state index in [-0.39, 0.29) is 41.5 Å². The number of rotatable bonds is 4. The summed E-state index contributed by atoms with van der Waals surface area (Å²) in [6.07, 6.45) is -3.60. The van der Waals surface area contributed by atoms with Crippen molar-refractivity contribution >= 4 is 38.6 Å². The first-order valence-electron chi connectivity index (χ1n) is 9.59. The lowest BCUT2D eigenvalue weighted by Gasteiger charge is -2.27. The molecule has 0 aliphatic carbocycles. The van der Waals surface area contributed by atoms with Crippen LogP contribution in [0.4, 0.5) is 33.3 Å². The summed E-state index contributed by atoms with van der Waals surface area (Å²) in [5.41, 5.74) is -1.65. The normalized spacial score (nSPS) is 18.3. The predicted octanol–water partition coefficient (Wildman–Crippen LogP) is 5.06. The molecule has 0 saturated carbocycles. The van der Waals surface area contributed by atoms with Gasteiger partial charge in [0.25, 0.3) is 5.91 Å². The maximum atomic E-state index is 13.8. The van der Waals surface area contributed by atoms with Crippen LogP contribution in [-0.4, -0.2) is 45.6 Å².